The molecule has 0 fully saturated rings. The van der Waals surface area contributed by atoms with Crippen LogP contribution < -0.4 is 5.73 Å². The molecule has 0 rings (SSSR count). The fourth-order valence-corrected chi connectivity index (χ4v) is 0.845. The quantitative estimate of drug-likeness (QED) is 0.524. The lowest BCUT2D eigenvalue weighted by molar-refractivity contribution is -0.213. The van der Waals surface area contributed by atoms with Crippen LogP contribution in [0.15, 0.2) is 0 Å². The van der Waals surface area contributed by atoms with E-state index in [1.165, 1.54) is 21.1 Å². The smallest absolute Gasteiger partial charge is 0.243 e. The maximum Gasteiger partial charge on any atom is 0.243 e. The molecule has 0 aromatic heterocycles. The van der Waals surface area contributed by atoms with Crippen LogP contribution in [0, 0.1) is 0 Å². The third-order valence-corrected chi connectivity index (χ3v) is 2.62. The Kier molecular flexibility index (Phi) is 3.50. The lowest BCUT2D eigenvalue weighted by atomic mass is 10.0. The second kappa shape index (κ2) is 3.60. The molecule has 0 aliphatic rings. The van der Waals surface area contributed by atoms with E-state index in [9.17, 15) is 4.79 Å². The number of alkyl halides is 1. The molecule has 5 heteroatoms. The number of hydrogen-bond acceptors (Lipinski definition) is 3. The number of rotatable bonds is 4. The number of carbonyl (C=O) groups excluding carboxylic acids is 1. The number of ether oxygens (including phenoxy) is 2. The Bertz CT molecular complexity index is 177. The molecule has 0 saturated heterocycles. The second-order valence-corrected chi connectivity index (χ2v) is 3.48. The fraction of sp³-hybridized carbons (Fsp3) is 0.857. The summed E-state index contributed by atoms with van der Waals surface area (Å²) in [6, 6.07) is 0. The molecular formula is C7H14ClNO3. The van der Waals surface area contributed by atoms with Crippen molar-refractivity contribution >= 4 is 17.5 Å². The zero-order chi connectivity index (χ0) is 9.99. The molecule has 1 amide bonds. The number of methoxy groups -OCH3 is 2. The van der Waals surface area contributed by atoms with Crippen LogP contribution in [-0.4, -0.2) is 30.8 Å². The van der Waals surface area contributed by atoms with E-state index in [1.807, 2.05) is 0 Å². The lowest BCUT2D eigenvalue weighted by Crippen LogP contribution is -2.56. The summed E-state index contributed by atoms with van der Waals surface area (Å²) in [5.74, 6) is -1.89. The van der Waals surface area contributed by atoms with Crippen molar-refractivity contribution < 1.29 is 14.3 Å². The average Bonchev–Trinajstić information content (AvgIpc) is 2.02. The summed E-state index contributed by atoms with van der Waals surface area (Å²) in [5.41, 5.74) is 5.08. The molecule has 0 spiro atoms. The van der Waals surface area contributed by atoms with Gasteiger partial charge in [-0.1, -0.05) is 0 Å². The lowest BCUT2D eigenvalue weighted by Gasteiger charge is -2.36. The third-order valence-electron chi connectivity index (χ3n) is 2.09. The third kappa shape index (κ3) is 1.71. The summed E-state index contributed by atoms with van der Waals surface area (Å²) in [6.07, 6.45) is 0. The van der Waals surface area contributed by atoms with Crippen LogP contribution in [0.25, 0.3) is 0 Å². The van der Waals surface area contributed by atoms with Gasteiger partial charge in [-0.25, -0.2) is 0 Å². The van der Waals surface area contributed by atoms with Crippen molar-refractivity contribution in [1.82, 2.24) is 0 Å². The van der Waals surface area contributed by atoms with E-state index in [0.29, 0.717) is 0 Å². The van der Waals surface area contributed by atoms with Crippen LogP contribution in [0.1, 0.15) is 13.8 Å². The van der Waals surface area contributed by atoms with Crippen molar-refractivity contribution in [2.45, 2.75) is 24.5 Å². The Morgan fingerprint density at radius 3 is 1.75 bits per heavy atom. The first-order valence-electron chi connectivity index (χ1n) is 3.41. The van der Waals surface area contributed by atoms with Gasteiger partial charge in [0.15, 0.2) is 10.7 Å². The summed E-state index contributed by atoms with van der Waals surface area (Å²) in [6.45, 7) is 2.99. The van der Waals surface area contributed by atoms with Gasteiger partial charge in [0.05, 0.1) is 0 Å². The molecule has 0 aliphatic heterocycles. The minimum Gasteiger partial charge on any atom is -0.368 e. The summed E-state index contributed by atoms with van der Waals surface area (Å²) >= 11 is 5.85. The van der Waals surface area contributed by atoms with Crippen LogP contribution in [0.2, 0.25) is 0 Å². The average molecular weight is 196 g/mol. The topological polar surface area (TPSA) is 61.6 Å². The van der Waals surface area contributed by atoms with E-state index in [-0.39, 0.29) is 0 Å². The number of nitrogens with two attached hydrogens (primary N) is 1. The molecule has 4 nitrogen and oxygen atoms in total. The highest BCUT2D eigenvalue weighted by Crippen LogP contribution is 2.32. The maximum atomic E-state index is 10.9. The van der Waals surface area contributed by atoms with E-state index in [1.54, 1.807) is 6.92 Å². The predicted molar refractivity (Wildman–Crippen MR) is 45.9 cm³/mol. The Balaban J connectivity index is 4.83. The molecule has 0 aromatic carbocycles. The van der Waals surface area contributed by atoms with E-state index < -0.39 is 16.6 Å². The van der Waals surface area contributed by atoms with Gasteiger partial charge in [-0.05, 0) is 13.8 Å². The Labute approximate surface area is 77.0 Å². The van der Waals surface area contributed by atoms with Crippen molar-refractivity contribution in [3.05, 3.63) is 0 Å². The van der Waals surface area contributed by atoms with Crippen molar-refractivity contribution in [1.29, 1.82) is 0 Å². The van der Waals surface area contributed by atoms with Gasteiger partial charge in [0, 0.05) is 14.2 Å². The standard InChI is InChI=1S/C7H14ClNO3/c1-6(8,5(9)10)7(2,11-3)12-4/h1-4H3,(H2,9,10). The number of hydrogen-bond donors (Lipinski definition) is 1. The molecule has 0 saturated carbocycles. The van der Waals surface area contributed by atoms with Crippen LogP contribution >= 0.6 is 11.6 Å². The molecule has 0 radical (unpaired) electrons. The highest BCUT2D eigenvalue weighted by atomic mass is 35.5. The molecular weight excluding hydrogens is 182 g/mol. The Morgan fingerprint density at radius 1 is 1.33 bits per heavy atom. The highest BCUT2D eigenvalue weighted by Gasteiger charge is 2.49. The number of primary amides is 1. The summed E-state index contributed by atoms with van der Waals surface area (Å²) in [4.78, 5) is 9.54. The minimum absolute atomic E-state index is 0.685. The maximum absolute atomic E-state index is 10.9. The van der Waals surface area contributed by atoms with Gasteiger partial charge >= 0.3 is 0 Å². The number of amides is 1. The molecule has 0 aromatic rings. The van der Waals surface area contributed by atoms with Gasteiger partial charge in [-0.15, -0.1) is 11.6 Å². The molecule has 1 atom stereocenters. The number of halogens is 1. The Morgan fingerprint density at radius 2 is 1.67 bits per heavy atom. The van der Waals surface area contributed by atoms with Gasteiger partial charge in [-0.3, -0.25) is 4.79 Å². The van der Waals surface area contributed by atoms with Crippen LogP contribution in [-0.2, 0) is 14.3 Å². The molecule has 0 heterocycles. The van der Waals surface area contributed by atoms with E-state index in [0.717, 1.165) is 0 Å². The van der Waals surface area contributed by atoms with Crippen LogP contribution in [0.5, 0.6) is 0 Å². The van der Waals surface area contributed by atoms with Crippen molar-refractivity contribution in [3.8, 4) is 0 Å². The van der Waals surface area contributed by atoms with E-state index in [4.69, 9.17) is 26.8 Å². The summed E-state index contributed by atoms with van der Waals surface area (Å²) < 4.78 is 9.92. The monoisotopic (exact) mass is 195 g/mol. The number of carbonyl (C=O) groups is 1. The summed E-state index contributed by atoms with van der Waals surface area (Å²) in [7, 11) is 2.79. The Hall–Kier alpha value is -0.320. The minimum atomic E-state index is -1.38. The summed E-state index contributed by atoms with van der Waals surface area (Å²) in [5, 5.41) is 0. The van der Waals surface area contributed by atoms with E-state index in [2.05, 4.69) is 0 Å². The van der Waals surface area contributed by atoms with Crippen LogP contribution in [0.3, 0.4) is 0 Å². The first-order valence-corrected chi connectivity index (χ1v) is 3.78. The fourth-order valence-electron chi connectivity index (χ4n) is 0.690. The first kappa shape index (κ1) is 11.7. The van der Waals surface area contributed by atoms with Crippen molar-refractivity contribution in [3.63, 3.8) is 0 Å². The predicted octanol–water partition coefficient (Wildman–Crippen LogP) is 0.478. The molecule has 72 valence electrons. The molecule has 0 aliphatic carbocycles. The van der Waals surface area contributed by atoms with Gasteiger partial charge in [0.2, 0.25) is 5.91 Å². The van der Waals surface area contributed by atoms with Gasteiger partial charge in [-0.2, -0.15) is 0 Å². The molecule has 1 unspecified atom stereocenters. The zero-order valence-electron chi connectivity index (χ0n) is 7.68. The molecule has 12 heavy (non-hydrogen) atoms. The largest absolute Gasteiger partial charge is 0.368 e. The second-order valence-electron chi connectivity index (χ2n) is 2.72. The van der Waals surface area contributed by atoms with Crippen LogP contribution in [0.4, 0.5) is 0 Å². The SMILES string of the molecule is COC(C)(OC)C(C)(Cl)C(N)=O. The molecule has 2 N–H and O–H groups in total. The normalized spacial score (nSPS) is 17.1. The first-order chi connectivity index (χ1) is 5.31. The van der Waals surface area contributed by atoms with Crippen molar-refractivity contribution in [2.24, 2.45) is 5.73 Å². The van der Waals surface area contributed by atoms with Gasteiger partial charge in [0.1, 0.15) is 0 Å². The van der Waals surface area contributed by atoms with Crippen molar-refractivity contribution in [2.75, 3.05) is 14.2 Å². The molecule has 0 bridgehead atoms. The van der Waals surface area contributed by atoms with Gasteiger partial charge in [0.25, 0.3) is 0 Å². The highest BCUT2D eigenvalue weighted by molar-refractivity contribution is 6.35. The van der Waals surface area contributed by atoms with Gasteiger partial charge < -0.3 is 15.2 Å². The van der Waals surface area contributed by atoms with E-state index >= 15 is 0 Å². The zero-order valence-corrected chi connectivity index (χ0v) is 8.44.